The molecule has 1 N–H and O–H groups in total. The molecule has 5 aliphatic rings. The lowest BCUT2D eigenvalue weighted by Gasteiger charge is -2.59. The lowest BCUT2D eigenvalue weighted by Crippen LogP contribution is -2.57. The smallest absolute Gasteiger partial charge is 0.0731 e. The molecule has 0 spiro atoms. The van der Waals surface area contributed by atoms with Gasteiger partial charge in [0.2, 0.25) is 0 Å². The van der Waals surface area contributed by atoms with Crippen LogP contribution >= 0.6 is 0 Å². The summed E-state index contributed by atoms with van der Waals surface area (Å²) >= 11 is 0. The summed E-state index contributed by atoms with van der Waals surface area (Å²) in [4.78, 5) is 7.30. The van der Waals surface area contributed by atoms with Crippen LogP contribution in [0.5, 0.6) is 0 Å². The molecular weight excluding hydrogens is 404 g/mol. The molecule has 0 aromatic rings. The highest BCUT2D eigenvalue weighted by atomic mass is 16.3. The SMILES string of the molecule is CC(C)=C1CCN=C1[C@H](C)[C@H]1CC[C@H]2C3=CC[C@H]4[C@@H](O)[C@@H](N(C)C)CC[C@]4(C)[C@H]3CC[C@]12C. The summed E-state index contributed by atoms with van der Waals surface area (Å²) in [5.74, 6) is 3.16. The molecule has 3 heteroatoms. The first kappa shape index (κ1) is 23.8. The minimum atomic E-state index is -0.191. The van der Waals surface area contributed by atoms with E-state index in [4.69, 9.17) is 4.99 Å². The zero-order valence-corrected chi connectivity index (χ0v) is 22.3. The van der Waals surface area contributed by atoms with Crippen LogP contribution in [0, 0.1) is 40.4 Å². The highest BCUT2D eigenvalue weighted by Crippen LogP contribution is 2.67. The molecule has 1 aliphatic heterocycles. The molecule has 0 saturated heterocycles. The number of hydrogen-bond donors (Lipinski definition) is 1. The van der Waals surface area contributed by atoms with E-state index in [1.807, 2.05) is 0 Å². The lowest BCUT2D eigenvalue weighted by atomic mass is 9.47. The lowest BCUT2D eigenvalue weighted by molar-refractivity contribution is -0.100. The third kappa shape index (κ3) is 3.46. The predicted octanol–water partition coefficient (Wildman–Crippen LogP) is 6.28. The molecule has 4 aliphatic carbocycles. The van der Waals surface area contributed by atoms with Crippen molar-refractivity contribution in [2.24, 2.45) is 45.4 Å². The number of fused-ring (bicyclic) bond motifs is 5. The average Bonchev–Trinajstić information content (AvgIpc) is 3.37. The summed E-state index contributed by atoms with van der Waals surface area (Å²) in [5, 5.41) is 11.3. The summed E-state index contributed by atoms with van der Waals surface area (Å²) < 4.78 is 0. The quantitative estimate of drug-likeness (QED) is 0.511. The normalized spacial score (nSPS) is 45.8. The number of hydrogen-bond acceptors (Lipinski definition) is 3. The van der Waals surface area contributed by atoms with Gasteiger partial charge in [-0.25, -0.2) is 0 Å². The van der Waals surface area contributed by atoms with Gasteiger partial charge in [0.1, 0.15) is 0 Å². The summed E-state index contributed by atoms with van der Waals surface area (Å²) in [6, 6.07) is 0.319. The van der Waals surface area contributed by atoms with E-state index in [1.165, 1.54) is 43.4 Å². The van der Waals surface area contributed by atoms with Crippen LogP contribution in [-0.2, 0) is 0 Å². The average molecular weight is 453 g/mol. The van der Waals surface area contributed by atoms with E-state index in [2.05, 4.69) is 59.7 Å². The summed E-state index contributed by atoms with van der Waals surface area (Å²) in [6.07, 6.45) is 12.4. The Morgan fingerprint density at radius 1 is 1.06 bits per heavy atom. The minimum Gasteiger partial charge on any atom is -0.391 e. The van der Waals surface area contributed by atoms with Crippen LogP contribution in [0.2, 0.25) is 0 Å². The maximum absolute atomic E-state index is 11.3. The van der Waals surface area contributed by atoms with Crippen LogP contribution in [0.15, 0.2) is 27.8 Å². The Labute approximate surface area is 202 Å². The highest BCUT2D eigenvalue weighted by Gasteiger charge is 2.60. The molecule has 0 aromatic heterocycles. The van der Waals surface area contributed by atoms with E-state index < -0.39 is 0 Å². The first-order valence-corrected chi connectivity index (χ1v) is 13.8. The Morgan fingerprint density at radius 2 is 1.76 bits per heavy atom. The largest absolute Gasteiger partial charge is 0.391 e. The van der Waals surface area contributed by atoms with E-state index in [1.54, 1.807) is 11.1 Å². The maximum atomic E-state index is 11.3. The second kappa shape index (κ2) is 8.33. The van der Waals surface area contributed by atoms with Gasteiger partial charge in [-0.1, -0.05) is 38.0 Å². The van der Waals surface area contributed by atoms with E-state index in [0.717, 1.165) is 37.6 Å². The number of likely N-dealkylation sites (N-methyl/N-ethyl adjacent to an activating group) is 1. The van der Waals surface area contributed by atoms with Gasteiger partial charge < -0.3 is 10.0 Å². The van der Waals surface area contributed by atoms with Gasteiger partial charge in [0.05, 0.1) is 6.10 Å². The first-order chi connectivity index (χ1) is 15.6. The van der Waals surface area contributed by atoms with Gasteiger partial charge in [-0.15, -0.1) is 0 Å². The molecule has 3 fully saturated rings. The minimum absolute atomic E-state index is 0.191. The monoisotopic (exact) mass is 452 g/mol. The molecule has 184 valence electrons. The predicted molar refractivity (Wildman–Crippen MR) is 139 cm³/mol. The van der Waals surface area contributed by atoms with Crippen molar-refractivity contribution in [2.75, 3.05) is 20.6 Å². The van der Waals surface area contributed by atoms with Crippen molar-refractivity contribution in [2.45, 2.75) is 98.1 Å². The number of nitrogens with zero attached hydrogens (tertiary/aromatic N) is 2. The van der Waals surface area contributed by atoms with Crippen LogP contribution < -0.4 is 0 Å². The van der Waals surface area contributed by atoms with E-state index >= 15 is 0 Å². The van der Waals surface area contributed by atoms with E-state index in [0.29, 0.717) is 29.2 Å². The van der Waals surface area contributed by atoms with Crippen LogP contribution in [0.4, 0.5) is 0 Å². The Kier molecular flexibility index (Phi) is 6.01. The molecule has 3 nitrogen and oxygen atoms in total. The Bertz CT molecular complexity index is 880. The van der Waals surface area contributed by atoms with Gasteiger partial charge in [0.25, 0.3) is 0 Å². The molecule has 0 aromatic carbocycles. The molecule has 0 unspecified atom stereocenters. The molecule has 9 atom stereocenters. The van der Waals surface area contributed by atoms with Gasteiger partial charge in [0, 0.05) is 24.2 Å². The number of aliphatic imine (C=N–C) groups is 1. The zero-order valence-electron chi connectivity index (χ0n) is 22.3. The fourth-order valence-electron chi connectivity index (χ4n) is 9.62. The number of aliphatic hydroxyl groups is 1. The van der Waals surface area contributed by atoms with Crippen molar-refractivity contribution in [3.63, 3.8) is 0 Å². The second-order valence-corrected chi connectivity index (χ2v) is 13.2. The van der Waals surface area contributed by atoms with Crippen molar-refractivity contribution in [3.8, 4) is 0 Å². The summed E-state index contributed by atoms with van der Waals surface area (Å²) in [5.41, 5.74) is 6.94. The van der Waals surface area contributed by atoms with Crippen molar-refractivity contribution in [1.29, 1.82) is 0 Å². The number of rotatable bonds is 3. The van der Waals surface area contributed by atoms with Crippen LogP contribution in [-0.4, -0.2) is 48.5 Å². The van der Waals surface area contributed by atoms with Gasteiger partial charge in [-0.05, 0) is 119 Å². The fraction of sp³-hybridized carbons (Fsp3) is 0.833. The summed E-state index contributed by atoms with van der Waals surface area (Å²) in [6.45, 7) is 13.2. The molecule has 0 bridgehead atoms. The van der Waals surface area contributed by atoms with Crippen molar-refractivity contribution < 1.29 is 5.11 Å². The fourth-order valence-corrected chi connectivity index (χ4v) is 9.62. The van der Waals surface area contributed by atoms with Crippen LogP contribution in [0.25, 0.3) is 0 Å². The molecule has 3 saturated carbocycles. The third-order valence-electron chi connectivity index (χ3n) is 11.5. The Hall–Kier alpha value is -0.930. The van der Waals surface area contributed by atoms with Crippen molar-refractivity contribution in [1.82, 2.24) is 4.90 Å². The first-order valence-electron chi connectivity index (χ1n) is 13.8. The molecule has 33 heavy (non-hydrogen) atoms. The second-order valence-electron chi connectivity index (χ2n) is 13.2. The maximum Gasteiger partial charge on any atom is 0.0731 e. The molecule has 0 amide bonds. The Balaban J connectivity index is 1.42. The van der Waals surface area contributed by atoms with Crippen LogP contribution in [0.1, 0.15) is 86.0 Å². The standard InChI is InChI=1S/C30H48N2O/c1-18(2)20-14-17-31-27(20)19(3)22-10-11-23-21-8-9-25-28(33)26(32(6)7)13-16-30(25,5)24(21)12-15-29(22,23)4/h8,19,22-26,28,33H,9-17H2,1-7H3/t19-,22-,23+,24+,25+,26+,28-,29-,30-/m1/s1. The Morgan fingerprint density at radius 3 is 2.45 bits per heavy atom. The van der Waals surface area contributed by atoms with Gasteiger partial charge in [-0.2, -0.15) is 0 Å². The van der Waals surface area contributed by atoms with Gasteiger partial charge in [0.15, 0.2) is 0 Å². The molecule has 5 rings (SSSR count). The number of allylic oxidation sites excluding steroid dienone is 3. The molecule has 1 heterocycles. The highest BCUT2D eigenvalue weighted by molar-refractivity contribution is 6.03. The van der Waals surface area contributed by atoms with Gasteiger partial charge in [-0.3, -0.25) is 4.99 Å². The zero-order chi connectivity index (χ0) is 23.7. The third-order valence-corrected chi connectivity index (χ3v) is 11.5. The molecular formula is C30H48N2O. The van der Waals surface area contributed by atoms with Crippen molar-refractivity contribution in [3.05, 3.63) is 22.8 Å². The topological polar surface area (TPSA) is 35.8 Å². The number of aliphatic hydroxyl groups excluding tert-OH is 1. The van der Waals surface area contributed by atoms with Crippen molar-refractivity contribution >= 4 is 5.71 Å². The van der Waals surface area contributed by atoms with E-state index in [-0.39, 0.29) is 11.5 Å². The van der Waals surface area contributed by atoms with Crippen LogP contribution in [0.3, 0.4) is 0 Å². The van der Waals surface area contributed by atoms with Gasteiger partial charge >= 0.3 is 0 Å². The molecule has 0 radical (unpaired) electrons. The van der Waals surface area contributed by atoms with E-state index in [9.17, 15) is 5.11 Å². The summed E-state index contributed by atoms with van der Waals surface area (Å²) in [7, 11) is 4.28.